The normalized spacial score (nSPS) is 12.0. The summed E-state index contributed by atoms with van der Waals surface area (Å²) in [6.07, 6.45) is 0. The molecule has 0 spiro atoms. The minimum absolute atomic E-state index is 0.102. The molecule has 0 aliphatic heterocycles. The predicted octanol–water partition coefficient (Wildman–Crippen LogP) is 4.55. The Hall–Kier alpha value is -2.15. The van der Waals surface area contributed by atoms with E-state index in [1.165, 1.54) is 42.1 Å². The Morgan fingerprint density at radius 2 is 1.78 bits per heavy atom. The van der Waals surface area contributed by atoms with Crippen molar-refractivity contribution >= 4 is 23.4 Å². The van der Waals surface area contributed by atoms with Gasteiger partial charge < -0.3 is 10.1 Å². The van der Waals surface area contributed by atoms with Crippen molar-refractivity contribution in [3.8, 4) is 5.75 Å². The molecule has 2 aromatic carbocycles. The van der Waals surface area contributed by atoms with Crippen LogP contribution in [0.15, 0.2) is 53.4 Å². The summed E-state index contributed by atoms with van der Waals surface area (Å²) in [6, 6.07) is 11.7. The third kappa shape index (κ3) is 5.21. The fourth-order valence-electron chi connectivity index (χ4n) is 1.77. The molecule has 0 fully saturated rings. The third-order valence-electron chi connectivity index (χ3n) is 2.86. The molecule has 2 aromatic rings. The van der Waals surface area contributed by atoms with Gasteiger partial charge >= 0.3 is 6.61 Å². The molecule has 0 aliphatic carbocycles. The van der Waals surface area contributed by atoms with Gasteiger partial charge in [0.25, 0.3) is 0 Å². The second-order valence-corrected chi connectivity index (χ2v) is 5.99. The maximum absolute atomic E-state index is 12.9. The zero-order valence-electron chi connectivity index (χ0n) is 12.1. The first-order chi connectivity index (χ1) is 11.0. The molecule has 7 heteroatoms. The number of anilines is 1. The van der Waals surface area contributed by atoms with Crippen molar-refractivity contribution in [2.24, 2.45) is 0 Å². The highest BCUT2D eigenvalue weighted by Gasteiger charge is 2.17. The number of carbonyl (C=O) groups excluding carboxylic acids is 1. The zero-order chi connectivity index (χ0) is 16.8. The van der Waals surface area contributed by atoms with Crippen LogP contribution in [0.2, 0.25) is 0 Å². The number of rotatable bonds is 6. The number of thioether (sulfide) groups is 1. The lowest BCUT2D eigenvalue weighted by Gasteiger charge is -2.15. The Labute approximate surface area is 135 Å². The van der Waals surface area contributed by atoms with Gasteiger partial charge in [0.05, 0.1) is 10.9 Å². The van der Waals surface area contributed by atoms with Crippen LogP contribution in [-0.2, 0) is 4.79 Å². The molecule has 0 aromatic heterocycles. The van der Waals surface area contributed by atoms with Gasteiger partial charge in [0.15, 0.2) is 0 Å². The molecule has 0 aliphatic rings. The number of benzene rings is 2. The first kappa shape index (κ1) is 17.2. The minimum Gasteiger partial charge on any atom is -0.433 e. The van der Waals surface area contributed by atoms with Crippen LogP contribution in [0.3, 0.4) is 0 Å². The molecular formula is C16H14F3NO2S. The molecule has 1 N–H and O–H groups in total. The van der Waals surface area contributed by atoms with Crippen LogP contribution in [0.1, 0.15) is 6.92 Å². The Balaban J connectivity index is 2.02. The molecule has 23 heavy (non-hydrogen) atoms. The highest BCUT2D eigenvalue weighted by molar-refractivity contribution is 8.00. The van der Waals surface area contributed by atoms with Crippen molar-refractivity contribution in [1.29, 1.82) is 0 Å². The molecule has 122 valence electrons. The molecule has 0 saturated heterocycles. The van der Waals surface area contributed by atoms with Gasteiger partial charge in [-0.15, -0.1) is 11.8 Å². The van der Waals surface area contributed by atoms with E-state index in [0.717, 1.165) is 4.90 Å². The first-order valence-corrected chi connectivity index (χ1v) is 7.60. The smallest absolute Gasteiger partial charge is 0.387 e. The van der Waals surface area contributed by atoms with Crippen molar-refractivity contribution < 1.29 is 22.7 Å². The number of hydrogen-bond acceptors (Lipinski definition) is 3. The summed E-state index contributed by atoms with van der Waals surface area (Å²) in [7, 11) is 0. The minimum atomic E-state index is -2.97. The summed E-state index contributed by atoms with van der Waals surface area (Å²) in [5.74, 6) is -0.830. The van der Waals surface area contributed by atoms with Crippen molar-refractivity contribution in [2.45, 2.75) is 23.7 Å². The van der Waals surface area contributed by atoms with E-state index in [0.29, 0.717) is 0 Å². The fraction of sp³-hybridized carbons (Fsp3) is 0.188. The number of para-hydroxylation sites is 2. The van der Waals surface area contributed by atoms with E-state index in [1.54, 1.807) is 25.1 Å². The molecule has 0 bridgehead atoms. The Morgan fingerprint density at radius 1 is 1.13 bits per heavy atom. The van der Waals surface area contributed by atoms with Crippen molar-refractivity contribution in [3.63, 3.8) is 0 Å². The van der Waals surface area contributed by atoms with Gasteiger partial charge in [0, 0.05) is 4.90 Å². The van der Waals surface area contributed by atoms with Gasteiger partial charge in [-0.2, -0.15) is 8.78 Å². The predicted molar refractivity (Wildman–Crippen MR) is 83.4 cm³/mol. The van der Waals surface area contributed by atoms with Gasteiger partial charge in [0.2, 0.25) is 5.91 Å². The number of halogens is 3. The average Bonchev–Trinajstić information content (AvgIpc) is 2.51. The number of hydrogen-bond donors (Lipinski definition) is 1. The molecule has 0 radical (unpaired) electrons. The number of carbonyl (C=O) groups is 1. The topological polar surface area (TPSA) is 38.3 Å². The van der Waals surface area contributed by atoms with E-state index in [1.807, 2.05) is 0 Å². The molecule has 2 rings (SSSR count). The van der Waals surface area contributed by atoms with E-state index >= 15 is 0 Å². The summed E-state index contributed by atoms with van der Waals surface area (Å²) in [6.45, 7) is -1.31. The first-order valence-electron chi connectivity index (χ1n) is 6.72. The molecule has 1 atom stereocenters. The molecule has 3 nitrogen and oxygen atoms in total. The maximum Gasteiger partial charge on any atom is 0.387 e. The number of alkyl halides is 2. The van der Waals surface area contributed by atoms with Crippen LogP contribution in [0, 0.1) is 5.82 Å². The Kier molecular flexibility index (Phi) is 5.92. The summed E-state index contributed by atoms with van der Waals surface area (Å²) < 4.78 is 41.9. The highest BCUT2D eigenvalue weighted by Crippen LogP contribution is 2.28. The Morgan fingerprint density at radius 3 is 2.43 bits per heavy atom. The van der Waals surface area contributed by atoms with Gasteiger partial charge in [-0.05, 0) is 43.3 Å². The number of ether oxygens (including phenoxy) is 1. The Bertz CT molecular complexity index is 665. The monoisotopic (exact) mass is 341 g/mol. The fourth-order valence-corrected chi connectivity index (χ4v) is 2.64. The molecule has 0 heterocycles. The van der Waals surface area contributed by atoms with E-state index in [4.69, 9.17) is 0 Å². The van der Waals surface area contributed by atoms with Crippen LogP contribution in [0.5, 0.6) is 5.75 Å². The lowest BCUT2D eigenvalue weighted by Crippen LogP contribution is -2.23. The standard InChI is InChI=1S/C16H14F3NO2S/c1-10(23-12-8-6-11(17)7-9-12)15(21)20-13-4-2-3-5-14(13)22-16(18)19/h2-10,16H,1H3,(H,20,21)/t10-/m1/s1. The van der Waals surface area contributed by atoms with Crippen LogP contribution in [0.4, 0.5) is 18.9 Å². The SMILES string of the molecule is C[C@@H](Sc1ccc(F)cc1)C(=O)Nc1ccccc1OC(F)F. The van der Waals surface area contributed by atoms with Crippen LogP contribution in [0.25, 0.3) is 0 Å². The average molecular weight is 341 g/mol. The van der Waals surface area contributed by atoms with Crippen LogP contribution < -0.4 is 10.1 Å². The van der Waals surface area contributed by atoms with Crippen LogP contribution in [-0.4, -0.2) is 17.8 Å². The summed E-state index contributed by atoms with van der Waals surface area (Å²) >= 11 is 1.23. The summed E-state index contributed by atoms with van der Waals surface area (Å²) in [5, 5.41) is 2.06. The van der Waals surface area contributed by atoms with E-state index < -0.39 is 11.9 Å². The molecular weight excluding hydrogens is 327 g/mol. The largest absolute Gasteiger partial charge is 0.433 e. The second kappa shape index (κ2) is 7.92. The number of nitrogens with one attached hydrogen (secondary N) is 1. The quantitative estimate of drug-likeness (QED) is 0.784. The lowest BCUT2D eigenvalue weighted by molar-refractivity contribution is -0.115. The van der Waals surface area contributed by atoms with E-state index in [9.17, 15) is 18.0 Å². The molecule has 1 amide bonds. The summed E-state index contributed by atoms with van der Waals surface area (Å²) in [5.41, 5.74) is 0.171. The van der Waals surface area contributed by atoms with Crippen molar-refractivity contribution in [2.75, 3.05) is 5.32 Å². The van der Waals surface area contributed by atoms with Crippen molar-refractivity contribution in [1.82, 2.24) is 0 Å². The van der Waals surface area contributed by atoms with Gasteiger partial charge in [-0.3, -0.25) is 4.79 Å². The number of amides is 1. The third-order valence-corrected chi connectivity index (χ3v) is 3.97. The van der Waals surface area contributed by atoms with Gasteiger partial charge in [-0.25, -0.2) is 4.39 Å². The van der Waals surface area contributed by atoms with E-state index in [2.05, 4.69) is 10.1 Å². The molecule has 0 unspecified atom stereocenters. The molecule has 0 saturated carbocycles. The highest BCUT2D eigenvalue weighted by atomic mass is 32.2. The van der Waals surface area contributed by atoms with E-state index in [-0.39, 0.29) is 23.2 Å². The van der Waals surface area contributed by atoms with Crippen molar-refractivity contribution in [3.05, 3.63) is 54.3 Å². The lowest BCUT2D eigenvalue weighted by atomic mass is 10.3. The summed E-state index contributed by atoms with van der Waals surface area (Å²) in [4.78, 5) is 12.9. The van der Waals surface area contributed by atoms with Gasteiger partial charge in [-0.1, -0.05) is 12.1 Å². The zero-order valence-corrected chi connectivity index (χ0v) is 12.9. The second-order valence-electron chi connectivity index (χ2n) is 4.58. The van der Waals surface area contributed by atoms with Gasteiger partial charge in [0.1, 0.15) is 11.6 Å². The maximum atomic E-state index is 12.9. The van der Waals surface area contributed by atoms with Crippen LogP contribution >= 0.6 is 11.8 Å².